The first kappa shape index (κ1) is 12.1. The summed E-state index contributed by atoms with van der Waals surface area (Å²) in [5.41, 5.74) is 2.40. The Hall–Kier alpha value is -0.930. The van der Waals surface area contributed by atoms with Crippen molar-refractivity contribution in [2.45, 2.75) is 27.3 Å². The molecule has 0 atom stereocenters. The van der Waals surface area contributed by atoms with Crippen LogP contribution < -0.4 is 5.32 Å². The van der Waals surface area contributed by atoms with Crippen LogP contribution >= 0.6 is 0 Å². The monoisotopic (exact) mass is 208 g/mol. The van der Waals surface area contributed by atoms with E-state index in [2.05, 4.69) is 17.2 Å². The van der Waals surface area contributed by atoms with Crippen LogP contribution in [0.3, 0.4) is 0 Å². The third-order valence-electron chi connectivity index (χ3n) is 2.49. The van der Waals surface area contributed by atoms with E-state index in [-0.39, 0.29) is 12.0 Å². The normalized spacial score (nSPS) is 11.7. The van der Waals surface area contributed by atoms with Gasteiger partial charge in [0.05, 0.1) is 0 Å². The van der Waals surface area contributed by atoms with Gasteiger partial charge in [-0.05, 0) is 24.1 Å². The molecule has 0 aliphatic heterocycles. The van der Waals surface area contributed by atoms with E-state index in [1.54, 1.807) is 6.20 Å². The van der Waals surface area contributed by atoms with Gasteiger partial charge in [-0.2, -0.15) is 0 Å². The van der Waals surface area contributed by atoms with Crippen LogP contribution in [0.1, 0.15) is 25.0 Å². The highest BCUT2D eigenvalue weighted by atomic mass is 16.3. The SMILES string of the molecule is Cc1ccncc1CNCC(C)(C)CO. The number of hydrogen-bond donors (Lipinski definition) is 2. The lowest BCUT2D eigenvalue weighted by Gasteiger charge is -2.22. The highest BCUT2D eigenvalue weighted by molar-refractivity contribution is 5.20. The van der Waals surface area contributed by atoms with Crippen LogP contribution in [-0.2, 0) is 6.54 Å². The van der Waals surface area contributed by atoms with E-state index in [0.717, 1.165) is 13.1 Å². The average Bonchev–Trinajstić information content (AvgIpc) is 2.21. The zero-order valence-electron chi connectivity index (χ0n) is 9.75. The molecule has 0 radical (unpaired) electrons. The molecule has 0 aliphatic rings. The van der Waals surface area contributed by atoms with Gasteiger partial charge in [-0.15, -0.1) is 0 Å². The number of nitrogens with zero attached hydrogens (tertiary/aromatic N) is 1. The quantitative estimate of drug-likeness (QED) is 0.770. The molecule has 0 amide bonds. The first-order valence-corrected chi connectivity index (χ1v) is 5.26. The lowest BCUT2D eigenvalue weighted by molar-refractivity contribution is 0.156. The van der Waals surface area contributed by atoms with E-state index in [1.165, 1.54) is 11.1 Å². The van der Waals surface area contributed by atoms with Crippen molar-refractivity contribution < 1.29 is 5.11 Å². The number of aliphatic hydroxyl groups excluding tert-OH is 1. The molecular formula is C12H20N2O. The smallest absolute Gasteiger partial charge is 0.0494 e. The summed E-state index contributed by atoms with van der Waals surface area (Å²) in [4.78, 5) is 4.09. The Morgan fingerprint density at radius 2 is 2.20 bits per heavy atom. The van der Waals surface area contributed by atoms with Crippen LogP contribution in [-0.4, -0.2) is 23.2 Å². The average molecular weight is 208 g/mol. The second kappa shape index (κ2) is 5.24. The molecule has 3 nitrogen and oxygen atoms in total. The maximum atomic E-state index is 9.09. The molecule has 84 valence electrons. The second-order valence-corrected chi connectivity index (χ2v) is 4.73. The van der Waals surface area contributed by atoms with E-state index >= 15 is 0 Å². The lowest BCUT2D eigenvalue weighted by Crippen LogP contribution is -2.32. The molecule has 0 saturated carbocycles. The number of aliphatic hydroxyl groups is 1. The molecule has 1 aromatic heterocycles. The van der Waals surface area contributed by atoms with Crippen molar-refractivity contribution in [2.75, 3.05) is 13.2 Å². The van der Waals surface area contributed by atoms with Gasteiger partial charge < -0.3 is 10.4 Å². The van der Waals surface area contributed by atoms with E-state index < -0.39 is 0 Å². The number of rotatable bonds is 5. The topological polar surface area (TPSA) is 45.2 Å². The molecule has 0 fully saturated rings. The molecule has 1 heterocycles. The summed E-state index contributed by atoms with van der Waals surface area (Å²) in [6, 6.07) is 2.01. The highest BCUT2D eigenvalue weighted by Gasteiger charge is 2.15. The van der Waals surface area contributed by atoms with Crippen molar-refractivity contribution in [3.63, 3.8) is 0 Å². The number of pyridine rings is 1. The molecule has 0 bridgehead atoms. The summed E-state index contributed by atoms with van der Waals surface area (Å²) in [5, 5.41) is 12.4. The third-order valence-corrected chi connectivity index (χ3v) is 2.49. The van der Waals surface area contributed by atoms with Gasteiger partial charge >= 0.3 is 0 Å². The minimum atomic E-state index is -0.0594. The predicted octanol–water partition coefficient (Wildman–Crippen LogP) is 1.50. The maximum Gasteiger partial charge on any atom is 0.0494 e. The molecule has 1 aromatic rings. The van der Waals surface area contributed by atoms with Crippen LogP contribution in [0.15, 0.2) is 18.5 Å². The van der Waals surface area contributed by atoms with Crippen molar-refractivity contribution >= 4 is 0 Å². The van der Waals surface area contributed by atoms with Gasteiger partial charge in [0.25, 0.3) is 0 Å². The van der Waals surface area contributed by atoms with Crippen molar-refractivity contribution in [3.8, 4) is 0 Å². The highest BCUT2D eigenvalue weighted by Crippen LogP contribution is 2.12. The van der Waals surface area contributed by atoms with Gasteiger partial charge in [-0.3, -0.25) is 4.98 Å². The summed E-state index contributed by atoms with van der Waals surface area (Å²) >= 11 is 0. The van der Waals surface area contributed by atoms with Crippen LogP contribution in [0.5, 0.6) is 0 Å². The maximum absolute atomic E-state index is 9.09. The number of hydrogen-bond acceptors (Lipinski definition) is 3. The van der Waals surface area contributed by atoms with Gasteiger partial charge in [0, 0.05) is 37.5 Å². The third kappa shape index (κ3) is 3.98. The van der Waals surface area contributed by atoms with Crippen LogP contribution in [0.4, 0.5) is 0 Å². The molecule has 15 heavy (non-hydrogen) atoms. The molecule has 2 N–H and O–H groups in total. The summed E-state index contributed by atoms with van der Waals surface area (Å²) < 4.78 is 0. The van der Waals surface area contributed by atoms with Crippen molar-refractivity contribution in [3.05, 3.63) is 29.6 Å². The van der Waals surface area contributed by atoms with Crippen LogP contribution in [0.25, 0.3) is 0 Å². The minimum Gasteiger partial charge on any atom is -0.396 e. The zero-order valence-corrected chi connectivity index (χ0v) is 9.75. The summed E-state index contributed by atoms with van der Waals surface area (Å²) in [7, 11) is 0. The standard InChI is InChI=1S/C12H20N2O/c1-10-4-5-13-6-11(10)7-14-8-12(2,3)9-15/h4-6,14-15H,7-9H2,1-3H3. The van der Waals surface area contributed by atoms with Crippen LogP contribution in [0.2, 0.25) is 0 Å². The molecule has 3 heteroatoms. The van der Waals surface area contributed by atoms with Gasteiger partial charge in [0.1, 0.15) is 0 Å². The fraction of sp³-hybridized carbons (Fsp3) is 0.583. The number of aromatic nitrogens is 1. The Kier molecular flexibility index (Phi) is 4.24. The summed E-state index contributed by atoms with van der Waals surface area (Å²) in [6.07, 6.45) is 3.69. The Labute approximate surface area is 91.5 Å². The first-order chi connectivity index (χ1) is 7.05. The van der Waals surface area contributed by atoms with Gasteiger partial charge in [0.15, 0.2) is 0 Å². The lowest BCUT2D eigenvalue weighted by atomic mass is 9.95. The van der Waals surface area contributed by atoms with Gasteiger partial charge in [-0.1, -0.05) is 13.8 Å². The van der Waals surface area contributed by atoms with E-state index in [4.69, 9.17) is 5.11 Å². The fourth-order valence-electron chi connectivity index (χ4n) is 1.27. The Morgan fingerprint density at radius 3 is 2.80 bits per heavy atom. The first-order valence-electron chi connectivity index (χ1n) is 5.26. The molecule has 0 spiro atoms. The minimum absolute atomic E-state index is 0.0594. The predicted molar refractivity (Wildman–Crippen MR) is 61.5 cm³/mol. The van der Waals surface area contributed by atoms with Gasteiger partial charge in [0.2, 0.25) is 0 Å². The molecule has 0 aliphatic carbocycles. The molecular weight excluding hydrogens is 188 g/mol. The Bertz CT molecular complexity index is 310. The van der Waals surface area contributed by atoms with Crippen LogP contribution in [0, 0.1) is 12.3 Å². The van der Waals surface area contributed by atoms with Gasteiger partial charge in [-0.25, -0.2) is 0 Å². The fourth-order valence-corrected chi connectivity index (χ4v) is 1.27. The molecule has 1 rings (SSSR count). The summed E-state index contributed by atoms with van der Waals surface area (Å²) in [5.74, 6) is 0. The Balaban J connectivity index is 2.42. The van der Waals surface area contributed by atoms with E-state index in [1.807, 2.05) is 26.1 Å². The van der Waals surface area contributed by atoms with Crippen molar-refractivity contribution in [2.24, 2.45) is 5.41 Å². The molecule has 0 saturated heterocycles. The Morgan fingerprint density at radius 1 is 1.47 bits per heavy atom. The number of nitrogens with one attached hydrogen (secondary N) is 1. The molecule has 0 unspecified atom stereocenters. The van der Waals surface area contributed by atoms with E-state index in [0.29, 0.717) is 0 Å². The largest absolute Gasteiger partial charge is 0.396 e. The van der Waals surface area contributed by atoms with E-state index in [9.17, 15) is 0 Å². The molecule has 0 aromatic carbocycles. The van der Waals surface area contributed by atoms with Crippen molar-refractivity contribution in [1.82, 2.24) is 10.3 Å². The van der Waals surface area contributed by atoms with Crippen molar-refractivity contribution in [1.29, 1.82) is 0 Å². The zero-order chi connectivity index (χ0) is 11.3. The second-order valence-electron chi connectivity index (χ2n) is 4.73. The summed E-state index contributed by atoms with van der Waals surface area (Å²) in [6.45, 7) is 7.97. The number of aryl methyl sites for hydroxylation is 1.